The molecule has 1 aromatic heterocycles. The standard InChI is InChI=1S/C21H27FN6O.HI/c1-24-21(28-12-10-27(11-13-28)19-4-2-3-9-25-19)26-15-17(20(23)29)14-16-5-7-18(22)8-6-16;/h2-9,17H,10-15H2,1H3,(H2,23,29)(H,24,26);1H. The molecular formula is C21H28FIN6O. The first-order chi connectivity index (χ1) is 14.1. The first kappa shape index (κ1) is 23.8. The van der Waals surface area contributed by atoms with E-state index in [0.717, 1.165) is 43.5 Å². The molecule has 1 atom stereocenters. The number of primary amides is 1. The molecule has 0 radical (unpaired) electrons. The van der Waals surface area contributed by atoms with E-state index in [4.69, 9.17) is 5.73 Å². The van der Waals surface area contributed by atoms with Gasteiger partial charge in [-0.3, -0.25) is 9.79 Å². The Morgan fingerprint density at radius 2 is 1.90 bits per heavy atom. The van der Waals surface area contributed by atoms with Crippen molar-refractivity contribution in [2.24, 2.45) is 16.6 Å². The van der Waals surface area contributed by atoms with Crippen LogP contribution < -0.4 is 16.0 Å². The molecular weight excluding hydrogens is 498 g/mol. The van der Waals surface area contributed by atoms with E-state index < -0.39 is 11.8 Å². The summed E-state index contributed by atoms with van der Waals surface area (Å²) in [7, 11) is 1.73. The number of aliphatic imine (C=N–C) groups is 1. The van der Waals surface area contributed by atoms with Crippen molar-refractivity contribution in [1.29, 1.82) is 0 Å². The van der Waals surface area contributed by atoms with E-state index in [1.807, 2.05) is 18.2 Å². The lowest BCUT2D eigenvalue weighted by atomic mass is 9.98. The molecule has 7 nitrogen and oxygen atoms in total. The zero-order valence-electron chi connectivity index (χ0n) is 17.0. The Labute approximate surface area is 193 Å². The van der Waals surface area contributed by atoms with Crippen LogP contribution in [0.25, 0.3) is 0 Å². The van der Waals surface area contributed by atoms with Gasteiger partial charge in [-0.25, -0.2) is 9.37 Å². The van der Waals surface area contributed by atoms with Crippen LogP contribution in [0, 0.1) is 11.7 Å². The molecule has 2 aromatic rings. The first-order valence-electron chi connectivity index (χ1n) is 9.72. The summed E-state index contributed by atoms with van der Waals surface area (Å²) in [4.78, 5) is 25.0. The van der Waals surface area contributed by atoms with Gasteiger partial charge in [-0.1, -0.05) is 18.2 Å². The molecule has 1 unspecified atom stereocenters. The van der Waals surface area contributed by atoms with Gasteiger partial charge in [-0.05, 0) is 36.2 Å². The van der Waals surface area contributed by atoms with Crippen molar-refractivity contribution < 1.29 is 9.18 Å². The molecule has 9 heteroatoms. The van der Waals surface area contributed by atoms with Crippen LogP contribution in [0.4, 0.5) is 10.2 Å². The molecule has 1 fully saturated rings. The SMILES string of the molecule is CN=C(NCC(Cc1ccc(F)cc1)C(N)=O)N1CCN(c2ccccn2)CC1.I. The van der Waals surface area contributed by atoms with Gasteiger partial charge in [0.25, 0.3) is 0 Å². The number of hydrogen-bond donors (Lipinski definition) is 2. The number of nitrogens with one attached hydrogen (secondary N) is 1. The van der Waals surface area contributed by atoms with Crippen LogP contribution in [-0.2, 0) is 11.2 Å². The van der Waals surface area contributed by atoms with Gasteiger partial charge >= 0.3 is 0 Å². The predicted octanol–water partition coefficient (Wildman–Crippen LogP) is 1.88. The molecule has 30 heavy (non-hydrogen) atoms. The Balaban J connectivity index is 0.00000320. The fraction of sp³-hybridized carbons (Fsp3) is 0.381. The van der Waals surface area contributed by atoms with Crippen molar-refractivity contribution >= 4 is 41.7 Å². The third-order valence-corrected chi connectivity index (χ3v) is 5.07. The highest BCUT2D eigenvalue weighted by atomic mass is 127. The maximum atomic E-state index is 13.1. The van der Waals surface area contributed by atoms with E-state index >= 15 is 0 Å². The summed E-state index contributed by atoms with van der Waals surface area (Å²) >= 11 is 0. The van der Waals surface area contributed by atoms with Gasteiger partial charge in [0.2, 0.25) is 5.91 Å². The van der Waals surface area contributed by atoms with Crippen LogP contribution in [0.5, 0.6) is 0 Å². The van der Waals surface area contributed by atoms with Gasteiger partial charge in [0.1, 0.15) is 11.6 Å². The number of benzene rings is 1. The van der Waals surface area contributed by atoms with E-state index in [-0.39, 0.29) is 29.8 Å². The average Bonchev–Trinajstić information content (AvgIpc) is 2.75. The van der Waals surface area contributed by atoms with E-state index in [1.165, 1.54) is 12.1 Å². The minimum absolute atomic E-state index is 0. The minimum atomic E-state index is -0.410. The number of carbonyl (C=O) groups excluding carboxylic acids is 1. The van der Waals surface area contributed by atoms with Crippen molar-refractivity contribution in [2.45, 2.75) is 6.42 Å². The van der Waals surface area contributed by atoms with Crippen molar-refractivity contribution in [1.82, 2.24) is 15.2 Å². The maximum Gasteiger partial charge on any atom is 0.222 e. The molecule has 0 spiro atoms. The molecule has 1 aliphatic heterocycles. The molecule has 0 saturated carbocycles. The molecule has 0 bridgehead atoms. The summed E-state index contributed by atoms with van der Waals surface area (Å²) in [6, 6.07) is 12.0. The summed E-state index contributed by atoms with van der Waals surface area (Å²) in [6.07, 6.45) is 2.25. The van der Waals surface area contributed by atoms with E-state index in [1.54, 1.807) is 25.4 Å². The molecule has 3 N–H and O–H groups in total. The Morgan fingerprint density at radius 1 is 1.20 bits per heavy atom. The zero-order chi connectivity index (χ0) is 20.6. The number of halogens is 2. The van der Waals surface area contributed by atoms with Crippen LogP contribution in [0.2, 0.25) is 0 Å². The lowest BCUT2D eigenvalue weighted by molar-refractivity contribution is -0.121. The number of piperazine rings is 1. The monoisotopic (exact) mass is 526 g/mol. The second kappa shape index (κ2) is 11.7. The van der Waals surface area contributed by atoms with Crippen LogP contribution >= 0.6 is 24.0 Å². The maximum absolute atomic E-state index is 13.1. The highest BCUT2D eigenvalue weighted by Crippen LogP contribution is 2.13. The van der Waals surface area contributed by atoms with Crippen LogP contribution in [0.3, 0.4) is 0 Å². The first-order valence-corrected chi connectivity index (χ1v) is 9.72. The quantitative estimate of drug-likeness (QED) is 0.341. The van der Waals surface area contributed by atoms with Crippen molar-refractivity contribution in [3.8, 4) is 0 Å². The number of hydrogen-bond acceptors (Lipinski definition) is 4. The summed E-state index contributed by atoms with van der Waals surface area (Å²) in [5, 5.41) is 3.27. The molecule has 0 aliphatic carbocycles. The number of nitrogens with zero attached hydrogens (tertiary/aromatic N) is 4. The minimum Gasteiger partial charge on any atom is -0.369 e. The molecule has 3 rings (SSSR count). The topological polar surface area (TPSA) is 86.8 Å². The fourth-order valence-corrected chi connectivity index (χ4v) is 3.41. The van der Waals surface area contributed by atoms with E-state index in [9.17, 15) is 9.18 Å². The molecule has 2 heterocycles. The Bertz CT molecular complexity index is 825. The fourth-order valence-electron chi connectivity index (χ4n) is 3.41. The number of anilines is 1. The summed E-state index contributed by atoms with van der Waals surface area (Å²) in [6.45, 7) is 3.66. The van der Waals surface area contributed by atoms with Crippen molar-refractivity contribution in [2.75, 3.05) is 44.7 Å². The second-order valence-corrected chi connectivity index (χ2v) is 7.02. The van der Waals surface area contributed by atoms with Crippen molar-refractivity contribution in [3.05, 3.63) is 60.0 Å². The van der Waals surface area contributed by atoms with Gasteiger partial charge in [0, 0.05) is 46.0 Å². The Kier molecular flexibility index (Phi) is 9.28. The number of amides is 1. The van der Waals surface area contributed by atoms with Gasteiger partial charge in [-0.15, -0.1) is 24.0 Å². The Hall–Kier alpha value is -2.43. The Morgan fingerprint density at radius 3 is 2.47 bits per heavy atom. The summed E-state index contributed by atoms with van der Waals surface area (Å²) in [5.74, 6) is 0.622. The molecule has 162 valence electrons. The second-order valence-electron chi connectivity index (χ2n) is 7.02. The number of aromatic nitrogens is 1. The molecule has 1 amide bonds. The summed E-state index contributed by atoms with van der Waals surface area (Å²) < 4.78 is 13.1. The number of carbonyl (C=O) groups is 1. The highest BCUT2D eigenvalue weighted by Gasteiger charge is 2.22. The number of pyridine rings is 1. The molecule has 1 saturated heterocycles. The van der Waals surface area contributed by atoms with Crippen molar-refractivity contribution in [3.63, 3.8) is 0 Å². The third-order valence-electron chi connectivity index (χ3n) is 5.07. The average molecular weight is 526 g/mol. The smallest absolute Gasteiger partial charge is 0.222 e. The van der Waals surface area contributed by atoms with Gasteiger partial charge in [0.15, 0.2) is 5.96 Å². The number of guanidine groups is 1. The van der Waals surface area contributed by atoms with Gasteiger partial charge in [0.05, 0.1) is 5.92 Å². The molecule has 1 aliphatic rings. The summed E-state index contributed by atoms with van der Waals surface area (Å²) in [5.41, 5.74) is 6.45. The zero-order valence-corrected chi connectivity index (χ0v) is 19.3. The lowest BCUT2D eigenvalue weighted by Crippen LogP contribution is -2.53. The van der Waals surface area contributed by atoms with E-state index in [2.05, 4.69) is 25.1 Å². The normalized spacial score (nSPS) is 15.3. The predicted molar refractivity (Wildman–Crippen MR) is 128 cm³/mol. The van der Waals surface area contributed by atoms with Gasteiger partial charge < -0.3 is 20.9 Å². The van der Waals surface area contributed by atoms with Gasteiger partial charge in [-0.2, -0.15) is 0 Å². The number of nitrogens with two attached hydrogens (primary N) is 1. The largest absolute Gasteiger partial charge is 0.369 e. The van der Waals surface area contributed by atoms with E-state index in [0.29, 0.717) is 13.0 Å². The number of rotatable bonds is 6. The van der Waals surface area contributed by atoms with Crippen LogP contribution in [0.15, 0.2) is 53.7 Å². The lowest BCUT2D eigenvalue weighted by Gasteiger charge is -2.37. The van der Waals surface area contributed by atoms with Crippen LogP contribution in [-0.4, -0.2) is 61.5 Å². The highest BCUT2D eigenvalue weighted by molar-refractivity contribution is 14.0. The molecule has 1 aromatic carbocycles. The van der Waals surface area contributed by atoms with Crippen LogP contribution in [0.1, 0.15) is 5.56 Å². The third kappa shape index (κ3) is 6.54.